The summed E-state index contributed by atoms with van der Waals surface area (Å²) in [5.41, 5.74) is 0.603. The molecule has 24 heavy (non-hydrogen) atoms. The Morgan fingerprint density at radius 1 is 1.54 bits per heavy atom. The molecule has 3 rings (SSSR count). The van der Waals surface area contributed by atoms with Gasteiger partial charge in [0.05, 0.1) is 19.3 Å². The first-order valence-electron chi connectivity index (χ1n) is 8.16. The van der Waals surface area contributed by atoms with E-state index in [2.05, 4.69) is 15.2 Å². The smallest absolute Gasteiger partial charge is 0.194 e. The average Bonchev–Trinajstić information content (AvgIpc) is 3.32. The van der Waals surface area contributed by atoms with Gasteiger partial charge in [0.25, 0.3) is 0 Å². The van der Waals surface area contributed by atoms with E-state index in [4.69, 9.17) is 21.1 Å². The molecule has 132 valence electrons. The molecular formula is C17H23ClFN3O2. The summed E-state index contributed by atoms with van der Waals surface area (Å²) >= 11 is 6.16. The fourth-order valence-electron chi connectivity index (χ4n) is 3.20. The Bertz CT molecular complexity index is 591. The van der Waals surface area contributed by atoms with Gasteiger partial charge in [0.15, 0.2) is 5.96 Å². The molecule has 1 N–H and O–H groups in total. The molecule has 1 aromatic carbocycles. The van der Waals surface area contributed by atoms with Crippen LogP contribution in [0.15, 0.2) is 23.2 Å². The van der Waals surface area contributed by atoms with Crippen LogP contribution in [0.1, 0.15) is 17.9 Å². The zero-order valence-electron chi connectivity index (χ0n) is 14.0. The predicted octanol–water partition coefficient (Wildman–Crippen LogP) is 2.26. The summed E-state index contributed by atoms with van der Waals surface area (Å²) in [5.74, 6) is 0.670. The van der Waals surface area contributed by atoms with Crippen LogP contribution in [0.2, 0.25) is 5.02 Å². The molecule has 0 aromatic heterocycles. The second kappa shape index (κ2) is 7.68. The van der Waals surface area contributed by atoms with Crippen LogP contribution in [0.4, 0.5) is 4.39 Å². The highest BCUT2D eigenvalue weighted by Gasteiger charge is 2.42. The lowest BCUT2D eigenvalue weighted by Gasteiger charge is -2.34. The number of methoxy groups -OCH3 is 1. The maximum absolute atomic E-state index is 14.0. The molecule has 1 heterocycles. The van der Waals surface area contributed by atoms with Crippen LogP contribution in [0, 0.1) is 5.82 Å². The maximum Gasteiger partial charge on any atom is 0.194 e. The predicted molar refractivity (Wildman–Crippen MR) is 92.2 cm³/mol. The number of halogens is 2. The Morgan fingerprint density at radius 3 is 3.08 bits per heavy atom. The van der Waals surface area contributed by atoms with Gasteiger partial charge in [-0.2, -0.15) is 0 Å². The van der Waals surface area contributed by atoms with E-state index in [-0.39, 0.29) is 23.9 Å². The van der Waals surface area contributed by atoms with Crippen molar-refractivity contribution < 1.29 is 13.9 Å². The highest BCUT2D eigenvalue weighted by atomic mass is 35.5. The Morgan fingerprint density at radius 2 is 2.38 bits per heavy atom. The minimum Gasteiger partial charge on any atom is -0.382 e. The summed E-state index contributed by atoms with van der Waals surface area (Å²) in [7, 11) is 3.43. The van der Waals surface area contributed by atoms with Crippen molar-refractivity contribution in [1.82, 2.24) is 10.2 Å². The monoisotopic (exact) mass is 355 g/mol. The van der Waals surface area contributed by atoms with Gasteiger partial charge in [-0.1, -0.05) is 17.7 Å². The van der Waals surface area contributed by atoms with Gasteiger partial charge in [-0.25, -0.2) is 4.39 Å². The zero-order valence-corrected chi connectivity index (χ0v) is 14.7. The summed E-state index contributed by atoms with van der Waals surface area (Å²) in [6, 6.07) is 4.99. The number of nitrogens with one attached hydrogen (secondary N) is 1. The molecule has 1 aliphatic heterocycles. The lowest BCUT2D eigenvalue weighted by Crippen LogP contribution is -2.52. The molecule has 2 fully saturated rings. The summed E-state index contributed by atoms with van der Waals surface area (Å²) in [4.78, 5) is 6.53. The lowest BCUT2D eigenvalue weighted by molar-refractivity contribution is -0.0447. The van der Waals surface area contributed by atoms with Crippen LogP contribution in [0.5, 0.6) is 0 Å². The van der Waals surface area contributed by atoms with E-state index >= 15 is 0 Å². The Labute approximate surface area is 146 Å². The van der Waals surface area contributed by atoms with E-state index in [1.807, 2.05) is 0 Å². The fourth-order valence-corrected chi connectivity index (χ4v) is 3.50. The molecule has 1 saturated heterocycles. The number of aliphatic imine (C=N–C) groups is 1. The lowest BCUT2D eigenvalue weighted by atomic mass is 10.1. The summed E-state index contributed by atoms with van der Waals surface area (Å²) in [5, 5.41) is 3.92. The normalized spacial score (nSPS) is 27.2. The Hall–Kier alpha value is -1.37. The maximum atomic E-state index is 14.0. The van der Waals surface area contributed by atoms with Crippen molar-refractivity contribution in [3.8, 4) is 0 Å². The Kier molecular flexibility index (Phi) is 5.58. The highest BCUT2D eigenvalue weighted by molar-refractivity contribution is 6.31. The van der Waals surface area contributed by atoms with Gasteiger partial charge in [-0.05, 0) is 18.6 Å². The number of morpholine rings is 1. The van der Waals surface area contributed by atoms with Crippen LogP contribution < -0.4 is 5.32 Å². The van der Waals surface area contributed by atoms with Crippen LogP contribution in [-0.2, 0) is 9.47 Å². The molecule has 1 saturated carbocycles. The topological polar surface area (TPSA) is 46.1 Å². The molecule has 3 atom stereocenters. The van der Waals surface area contributed by atoms with Gasteiger partial charge in [-0.3, -0.25) is 4.99 Å². The molecule has 1 aromatic rings. The first kappa shape index (κ1) is 17.5. The molecular weight excluding hydrogens is 333 g/mol. The number of benzene rings is 1. The van der Waals surface area contributed by atoms with E-state index < -0.39 is 0 Å². The van der Waals surface area contributed by atoms with E-state index in [1.54, 1.807) is 26.3 Å². The second-order valence-electron chi connectivity index (χ2n) is 6.17. The zero-order chi connectivity index (χ0) is 17.1. The molecule has 0 spiro atoms. The largest absolute Gasteiger partial charge is 0.382 e. The molecule has 2 aliphatic rings. The first-order valence-corrected chi connectivity index (χ1v) is 8.54. The highest BCUT2D eigenvalue weighted by Crippen LogP contribution is 2.45. The molecule has 7 heteroatoms. The van der Waals surface area contributed by atoms with Crippen LogP contribution in [0.25, 0.3) is 0 Å². The number of guanidine groups is 1. The van der Waals surface area contributed by atoms with E-state index in [9.17, 15) is 4.39 Å². The van der Waals surface area contributed by atoms with Crippen molar-refractivity contribution in [2.45, 2.75) is 24.5 Å². The number of nitrogens with zero attached hydrogens (tertiary/aromatic N) is 2. The minimum atomic E-state index is -0.238. The Balaban J connectivity index is 1.61. The third kappa shape index (κ3) is 3.82. The van der Waals surface area contributed by atoms with Gasteiger partial charge in [0.2, 0.25) is 0 Å². The standard InChI is InChI=1S/C17H23ClFN3O2/c1-20-17(22-6-7-24-11(9-22)10-23-2)21-15-8-12(15)16-13(18)4-3-5-14(16)19/h3-5,11-12,15H,6-10H2,1-2H3,(H,20,21). The van der Waals surface area contributed by atoms with Crippen LogP contribution >= 0.6 is 11.6 Å². The number of hydrogen-bond donors (Lipinski definition) is 1. The van der Waals surface area contributed by atoms with Crippen molar-refractivity contribution >= 4 is 17.6 Å². The van der Waals surface area contributed by atoms with Gasteiger partial charge in [0, 0.05) is 49.8 Å². The van der Waals surface area contributed by atoms with E-state index in [1.165, 1.54) is 6.07 Å². The number of ether oxygens (including phenoxy) is 2. The number of hydrogen-bond acceptors (Lipinski definition) is 3. The van der Waals surface area contributed by atoms with Gasteiger partial charge < -0.3 is 19.7 Å². The van der Waals surface area contributed by atoms with Gasteiger partial charge >= 0.3 is 0 Å². The van der Waals surface area contributed by atoms with Gasteiger partial charge in [-0.15, -0.1) is 0 Å². The fraction of sp³-hybridized carbons (Fsp3) is 0.588. The SMILES string of the molecule is CN=C(NC1CC1c1c(F)cccc1Cl)N1CCOC(COC)C1. The molecule has 0 bridgehead atoms. The van der Waals surface area contributed by atoms with Crippen molar-refractivity contribution in [2.24, 2.45) is 4.99 Å². The molecule has 5 nitrogen and oxygen atoms in total. The third-order valence-electron chi connectivity index (χ3n) is 4.48. The van der Waals surface area contributed by atoms with Crippen LogP contribution in [-0.4, -0.2) is 63.5 Å². The number of rotatable bonds is 4. The van der Waals surface area contributed by atoms with Crippen molar-refractivity contribution in [1.29, 1.82) is 0 Å². The van der Waals surface area contributed by atoms with Crippen molar-refractivity contribution in [2.75, 3.05) is 40.5 Å². The molecule has 0 radical (unpaired) electrons. The van der Waals surface area contributed by atoms with Crippen molar-refractivity contribution in [3.05, 3.63) is 34.6 Å². The van der Waals surface area contributed by atoms with Gasteiger partial charge in [0.1, 0.15) is 5.82 Å². The quantitative estimate of drug-likeness (QED) is 0.664. The van der Waals surface area contributed by atoms with Crippen LogP contribution in [0.3, 0.4) is 0 Å². The van der Waals surface area contributed by atoms with E-state index in [0.29, 0.717) is 23.8 Å². The van der Waals surface area contributed by atoms with Crippen molar-refractivity contribution in [3.63, 3.8) is 0 Å². The van der Waals surface area contributed by atoms with E-state index in [0.717, 1.165) is 25.5 Å². The molecule has 3 unspecified atom stereocenters. The molecule has 1 aliphatic carbocycles. The first-order chi connectivity index (χ1) is 11.6. The summed E-state index contributed by atoms with van der Waals surface area (Å²) in [6.07, 6.45) is 0.893. The second-order valence-corrected chi connectivity index (χ2v) is 6.58. The molecule has 0 amide bonds. The summed E-state index contributed by atoms with van der Waals surface area (Å²) in [6.45, 7) is 2.70. The summed E-state index contributed by atoms with van der Waals surface area (Å²) < 4.78 is 24.9. The third-order valence-corrected chi connectivity index (χ3v) is 4.81. The average molecular weight is 356 g/mol. The minimum absolute atomic E-state index is 0.0401.